The van der Waals surface area contributed by atoms with Crippen LogP contribution in [0.15, 0.2) is 33.9 Å². The summed E-state index contributed by atoms with van der Waals surface area (Å²) in [4.78, 5) is 13.8. The van der Waals surface area contributed by atoms with Crippen LogP contribution in [0.5, 0.6) is 0 Å². The molecule has 2 unspecified atom stereocenters. The van der Waals surface area contributed by atoms with Crippen LogP contribution in [0.2, 0.25) is 0 Å². The molecule has 3 heterocycles. The first-order chi connectivity index (χ1) is 12.0. The molecule has 1 amide bonds. The van der Waals surface area contributed by atoms with Gasteiger partial charge in [-0.15, -0.1) is 35.1 Å². The molecule has 0 radical (unpaired) electrons. The van der Waals surface area contributed by atoms with Gasteiger partial charge < -0.3 is 10.6 Å². The quantitative estimate of drug-likeness (QED) is 0.650. The number of carbonyl (C=O) groups excluding carboxylic acids is 1. The Bertz CT molecular complexity index is 821. The Morgan fingerprint density at radius 1 is 1.31 bits per heavy atom. The van der Waals surface area contributed by atoms with Gasteiger partial charge in [-0.2, -0.15) is 0 Å². The maximum Gasteiger partial charge on any atom is 0.263 e. The molecule has 0 saturated carbocycles. The van der Waals surface area contributed by atoms with Crippen molar-refractivity contribution in [1.82, 2.24) is 15.4 Å². The first kappa shape index (κ1) is 21.3. The molecular formula is C16H22ClN3O3S3. The molecule has 2 atom stereocenters. The van der Waals surface area contributed by atoms with Crippen LogP contribution in [0.1, 0.15) is 34.3 Å². The maximum atomic E-state index is 12.6. The van der Waals surface area contributed by atoms with E-state index in [4.69, 9.17) is 0 Å². The van der Waals surface area contributed by atoms with Gasteiger partial charge in [0.2, 0.25) is 10.0 Å². The van der Waals surface area contributed by atoms with E-state index in [0.29, 0.717) is 0 Å². The van der Waals surface area contributed by atoms with E-state index >= 15 is 0 Å². The monoisotopic (exact) mass is 435 g/mol. The highest BCUT2D eigenvalue weighted by Crippen LogP contribution is 2.23. The van der Waals surface area contributed by atoms with Crippen LogP contribution in [0, 0.1) is 0 Å². The van der Waals surface area contributed by atoms with Crippen LogP contribution in [0.25, 0.3) is 0 Å². The zero-order valence-electron chi connectivity index (χ0n) is 14.2. The van der Waals surface area contributed by atoms with Gasteiger partial charge in [0.1, 0.15) is 9.77 Å². The number of hydrogen-bond donors (Lipinski definition) is 3. The maximum absolute atomic E-state index is 12.6. The van der Waals surface area contributed by atoms with E-state index < -0.39 is 10.0 Å². The van der Waals surface area contributed by atoms with Crippen molar-refractivity contribution in [3.05, 3.63) is 38.7 Å². The van der Waals surface area contributed by atoms with Gasteiger partial charge in [-0.05, 0) is 49.2 Å². The number of hydrogen-bond acceptors (Lipinski definition) is 6. The topological polar surface area (TPSA) is 87.3 Å². The molecule has 1 aliphatic heterocycles. The predicted octanol–water partition coefficient (Wildman–Crippen LogP) is 2.58. The minimum atomic E-state index is -3.73. The van der Waals surface area contributed by atoms with Gasteiger partial charge in [-0.3, -0.25) is 4.79 Å². The summed E-state index contributed by atoms with van der Waals surface area (Å²) >= 11 is 2.63. The Hall–Kier alpha value is -0.970. The Morgan fingerprint density at radius 2 is 2.12 bits per heavy atom. The van der Waals surface area contributed by atoms with E-state index in [1.54, 1.807) is 5.38 Å². The molecule has 3 N–H and O–H groups in total. The van der Waals surface area contributed by atoms with Gasteiger partial charge in [0, 0.05) is 23.5 Å². The van der Waals surface area contributed by atoms with Crippen LogP contribution in [-0.2, 0) is 16.6 Å². The zero-order valence-corrected chi connectivity index (χ0v) is 17.5. The van der Waals surface area contributed by atoms with E-state index in [1.807, 2.05) is 24.4 Å². The predicted molar refractivity (Wildman–Crippen MR) is 108 cm³/mol. The second-order valence-corrected chi connectivity index (χ2v) is 9.67. The average molecular weight is 436 g/mol. The molecule has 0 aromatic carbocycles. The number of amides is 1. The van der Waals surface area contributed by atoms with Crippen molar-refractivity contribution < 1.29 is 13.2 Å². The molecule has 1 aliphatic rings. The highest BCUT2D eigenvalue weighted by molar-refractivity contribution is 7.89. The van der Waals surface area contributed by atoms with Gasteiger partial charge in [0.25, 0.3) is 5.91 Å². The summed E-state index contributed by atoms with van der Waals surface area (Å²) < 4.78 is 27.7. The second-order valence-electron chi connectivity index (χ2n) is 5.98. The Kier molecular flexibility index (Phi) is 7.63. The van der Waals surface area contributed by atoms with E-state index in [1.165, 1.54) is 17.4 Å². The van der Waals surface area contributed by atoms with Gasteiger partial charge in [0.05, 0.1) is 0 Å². The average Bonchev–Trinajstić information content (AvgIpc) is 3.27. The zero-order chi connectivity index (χ0) is 17.9. The van der Waals surface area contributed by atoms with E-state index in [-0.39, 0.29) is 46.7 Å². The molecule has 10 heteroatoms. The summed E-state index contributed by atoms with van der Waals surface area (Å²) in [5.74, 6) is -0.327. The second kappa shape index (κ2) is 9.29. The fourth-order valence-corrected chi connectivity index (χ4v) is 5.88. The molecule has 1 saturated heterocycles. The van der Waals surface area contributed by atoms with Gasteiger partial charge in [0.15, 0.2) is 0 Å². The van der Waals surface area contributed by atoms with Crippen LogP contribution >= 0.6 is 35.1 Å². The summed E-state index contributed by atoms with van der Waals surface area (Å²) in [5.41, 5.74) is 0. The molecule has 2 aromatic rings. The highest BCUT2D eigenvalue weighted by Gasteiger charge is 2.28. The first-order valence-corrected chi connectivity index (χ1v) is 11.4. The third kappa shape index (κ3) is 5.05. The Balaban J connectivity index is 0.00000243. The lowest BCUT2D eigenvalue weighted by molar-refractivity contribution is 0.0921. The van der Waals surface area contributed by atoms with Crippen LogP contribution in [0.3, 0.4) is 0 Å². The smallest absolute Gasteiger partial charge is 0.263 e. The first-order valence-electron chi connectivity index (χ1n) is 8.11. The van der Waals surface area contributed by atoms with Crippen molar-refractivity contribution in [3.8, 4) is 0 Å². The molecule has 6 nitrogen and oxygen atoms in total. The van der Waals surface area contributed by atoms with Crippen molar-refractivity contribution in [1.29, 1.82) is 0 Å². The SMILES string of the molecule is CC1NCCCC1NC(=O)c1sccc1S(=O)(=O)NCc1cccs1.Cl. The fourth-order valence-electron chi connectivity index (χ4n) is 2.81. The molecule has 26 heavy (non-hydrogen) atoms. The largest absolute Gasteiger partial charge is 0.347 e. The van der Waals surface area contributed by atoms with E-state index in [0.717, 1.165) is 35.6 Å². The summed E-state index contributed by atoms with van der Waals surface area (Å²) in [5, 5.41) is 9.83. The highest BCUT2D eigenvalue weighted by atomic mass is 35.5. The summed E-state index contributed by atoms with van der Waals surface area (Å²) in [6.07, 6.45) is 1.89. The normalized spacial score (nSPS) is 20.3. The van der Waals surface area contributed by atoms with Gasteiger partial charge in [-0.25, -0.2) is 13.1 Å². The molecule has 0 bridgehead atoms. The molecular weight excluding hydrogens is 414 g/mol. The van der Waals surface area contributed by atoms with Crippen molar-refractivity contribution in [3.63, 3.8) is 0 Å². The van der Waals surface area contributed by atoms with Crippen LogP contribution in [0.4, 0.5) is 0 Å². The number of nitrogens with one attached hydrogen (secondary N) is 3. The van der Waals surface area contributed by atoms with E-state index in [9.17, 15) is 13.2 Å². The molecule has 3 rings (SSSR count). The standard InChI is InChI=1S/C16H21N3O3S3.ClH/c1-11-13(5-2-7-17-11)19-16(20)15-14(6-9-24-15)25(21,22)18-10-12-4-3-8-23-12;/h3-4,6,8-9,11,13,17-18H,2,5,7,10H2,1H3,(H,19,20);1H. The van der Waals surface area contributed by atoms with E-state index in [2.05, 4.69) is 15.4 Å². The van der Waals surface area contributed by atoms with Gasteiger partial charge in [-0.1, -0.05) is 6.07 Å². The number of carbonyl (C=O) groups is 1. The van der Waals surface area contributed by atoms with Crippen molar-refractivity contribution in [2.75, 3.05) is 6.54 Å². The van der Waals surface area contributed by atoms with Crippen molar-refractivity contribution in [2.24, 2.45) is 0 Å². The third-order valence-corrected chi connectivity index (χ3v) is 7.58. The van der Waals surface area contributed by atoms with Crippen molar-refractivity contribution in [2.45, 2.75) is 43.3 Å². The number of rotatable bonds is 6. The number of piperidine rings is 1. The summed E-state index contributed by atoms with van der Waals surface area (Å²) in [6, 6.07) is 5.41. The molecule has 1 fully saturated rings. The molecule has 2 aromatic heterocycles. The van der Waals surface area contributed by atoms with Crippen LogP contribution < -0.4 is 15.4 Å². The minimum absolute atomic E-state index is 0. The number of halogens is 1. The lowest BCUT2D eigenvalue weighted by atomic mass is 10.00. The Labute approximate surface area is 167 Å². The van der Waals surface area contributed by atoms with Crippen molar-refractivity contribution >= 4 is 51.0 Å². The molecule has 0 aliphatic carbocycles. The number of thiophene rings is 2. The van der Waals surface area contributed by atoms with Crippen LogP contribution in [-0.4, -0.2) is 33.0 Å². The molecule has 0 spiro atoms. The summed E-state index contributed by atoms with van der Waals surface area (Å²) in [6.45, 7) is 3.19. The fraction of sp³-hybridized carbons (Fsp3) is 0.438. The minimum Gasteiger partial charge on any atom is -0.347 e. The number of sulfonamides is 1. The molecule has 144 valence electrons. The lowest BCUT2D eigenvalue weighted by Gasteiger charge is -2.30. The Morgan fingerprint density at radius 3 is 2.81 bits per heavy atom. The summed E-state index contributed by atoms with van der Waals surface area (Å²) in [7, 11) is -3.73. The van der Waals surface area contributed by atoms with Gasteiger partial charge >= 0.3 is 0 Å². The third-order valence-electron chi connectivity index (χ3n) is 4.22. The lowest BCUT2D eigenvalue weighted by Crippen LogP contribution is -2.51.